The van der Waals surface area contributed by atoms with E-state index >= 15 is 0 Å². The number of carboxylic acids is 1. The van der Waals surface area contributed by atoms with E-state index in [1.54, 1.807) is 6.07 Å². The average molecular weight is 282 g/mol. The molecular weight excluding hydrogens is 260 g/mol. The number of hydrogen-bond donors (Lipinski definition) is 1. The summed E-state index contributed by atoms with van der Waals surface area (Å²) in [5.74, 6) is -0.0360. The van der Waals surface area contributed by atoms with E-state index in [1.807, 2.05) is 27.7 Å². The molecule has 5 nitrogen and oxygen atoms in total. The molecule has 0 heterocycles. The zero-order chi connectivity index (χ0) is 15.2. The number of carbonyl (C=O) groups is 1. The molecule has 20 heavy (non-hydrogen) atoms. The van der Waals surface area contributed by atoms with Gasteiger partial charge in [-0.1, -0.05) is 0 Å². The van der Waals surface area contributed by atoms with E-state index < -0.39 is 5.97 Å². The second-order valence-electron chi connectivity index (χ2n) is 5.21. The van der Waals surface area contributed by atoms with Gasteiger partial charge in [-0.25, -0.2) is 4.79 Å². The third-order valence-corrected chi connectivity index (χ3v) is 2.37. The Morgan fingerprint density at radius 2 is 1.85 bits per heavy atom. The van der Waals surface area contributed by atoms with Crippen molar-refractivity contribution in [3.8, 4) is 11.5 Å². The van der Waals surface area contributed by atoms with Crippen molar-refractivity contribution in [3.63, 3.8) is 0 Å². The summed E-state index contributed by atoms with van der Waals surface area (Å²) in [5.41, 5.74) is -0.0361. The molecule has 5 heteroatoms. The minimum absolute atomic E-state index is 0.173. The summed E-state index contributed by atoms with van der Waals surface area (Å²) >= 11 is 0. The predicted octanol–water partition coefficient (Wildman–Crippen LogP) is 2.98. The minimum Gasteiger partial charge on any atom is -0.490 e. The molecule has 1 N–H and O–H groups in total. The van der Waals surface area contributed by atoms with Crippen molar-refractivity contribution in [1.82, 2.24) is 0 Å². The highest BCUT2D eigenvalue weighted by Gasteiger charge is 2.12. The standard InChI is InChI=1S/C15H22O5/c1-5-18-13-10-11(14(16)17)6-7-12(13)19-8-9-20-15(2,3)4/h6-7,10H,5,8-9H2,1-4H3,(H,16,17). The SMILES string of the molecule is CCOc1cc(C(=O)O)ccc1OCCOC(C)(C)C. The number of benzene rings is 1. The zero-order valence-electron chi connectivity index (χ0n) is 12.4. The summed E-state index contributed by atoms with van der Waals surface area (Å²) in [6, 6.07) is 4.56. The lowest BCUT2D eigenvalue weighted by atomic mass is 10.2. The largest absolute Gasteiger partial charge is 0.490 e. The molecule has 1 rings (SSSR count). The van der Waals surface area contributed by atoms with Gasteiger partial charge in [-0.05, 0) is 45.9 Å². The molecule has 0 saturated carbocycles. The van der Waals surface area contributed by atoms with Crippen molar-refractivity contribution in [2.45, 2.75) is 33.3 Å². The normalized spacial score (nSPS) is 11.2. The first-order valence-corrected chi connectivity index (χ1v) is 6.60. The fraction of sp³-hybridized carbons (Fsp3) is 0.533. The maximum absolute atomic E-state index is 10.9. The van der Waals surface area contributed by atoms with E-state index in [0.29, 0.717) is 31.3 Å². The lowest BCUT2D eigenvalue weighted by molar-refractivity contribution is -0.0165. The smallest absolute Gasteiger partial charge is 0.335 e. The van der Waals surface area contributed by atoms with Crippen LogP contribution in [-0.4, -0.2) is 36.5 Å². The molecule has 1 aromatic carbocycles. The second-order valence-corrected chi connectivity index (χ2v) is 5.21. The number of ether oxygens (including phenoxy) is 3. The van der Waals surface area contributed by atoms with E-state index in [1.165, 1.54) is 12.1 Å². The van der Waals surface area contributed by atoms with Crippen LogP contribution in [0.5, 0.6) is 11.5 Å². The Hall–Kier alpha value is -1.75. The van der Waals surface area contributed by atoms with Crippen LogP contribution in [0.2, 0.25) is 0 Å². The number of aromatic carboxylic acids is 1. The Morgan fingerprint density at radius 3 is 2.40 bits per heavy atom. The summed E-state index contributed by atoms with van der Waals surface area (Å²) < 4.78 is 16.5. The highest BCUT2D eigenvalue weighted by molar-refractivity contribution is 5.88. The van der Waals surface area contributed by atoms with Crippen LogP contribution in [0.15, 0.2) is 18.2 Å². The van der Waals surface area contributed by atoms with E-state index in [2.05, 4.69) is 0 Å². The quantitative estimate of drug-likeness (QED) is 0.779. The monoisotopic (exact) mass is 282 g/mol. The number of rotatable bonds is 7. The molecule has 0 radical (unpaired) electrons. The van der Waals surface area contributed by atoms with Gasteiger partial charge in [0.2, 0.25) is 0 Å². The lowest BCUT2D eigenvalue weighted by Gasteiger charge is -2.20. The third-order valence-electron chi connectivity index (χ3n) is 2.37. The van der Waals surface area contributed by atoms with Gasteiger partial charge < -0.3 is 19.3 Å². The summed E-state index contributed by atoms with van der Waals surface area (Å²) in [6.07, 6.45) is 0. The first-order valence-electron chi connectivity index (χ1n) is 6.60. The van der Waals surface area contributed by atoms with Crippen LogP contribution >= 0.6 is 0 Å². The molecule has 0 bridgehead atoms. The van der Waals surface area contributed by atoms with E-state index in [4.69, 9.17) is 19.3 Å². The van der Waals surface area contributed by atoms with Crippen LogP contribution in [-0.2, 0) is 4.74 Å². The topological polar surface area (TPSA) is 65.0 Å². The molecule has 0 atom stereocenters. The van der Waals surface area contributed by atoms with Gasteiger partial charge >= 0.3 is 5.97 Å². The predicted molar refractivity (Wildman–Crippen MR) is 75.8 cm³/mol. The maximum atomic E-state index is 10.9. The van der Waals surface area contributed by atoms with Crippen LogP contribution in [0.1, 0.15) is 38.1 Å². The molecule has 0 aliphatic rings. The fourth-order valence-electron chi connectivity index (χ4n) is 1.53. The number of hydrogen-bond acceptors (Lipinski definition) is 4. The zero-order valence-corrected chi connectivity index (χ0v) is 12.4. The molecule has 1 aromatic rings. The molecule has 0 aliphatic heterocycles. The van der Waals surface area contributed by atoms with Gasteiger partial charge in [0, 0.05) is 0 Å². The van der Waals surface area contributed by atoms with Gasteiger partial charge in [-0.15, -0.1) is 0 Å². The second kappa shape index (κ2) is 7.14. The van der Waals surface area contributed by atoms with Crippen LogP contribution < -0.4 is 9.47 Å². The van der Waals surface area contributed by atoms with Gasteiger partial charge in [0.25, 0.3) is 0 Å². The van der Waals surface area contributed by atoms with Crippen molar-refractivity contribution in [3.05, 3.63) is 23.8 Å². The summed E-state index contributed by atoms with van der Waals surface area (Å²) in [6.45, 7) is 9.03. The van der Waals surface area contributed by atoms with E-state index in [-0.39, 0.29) is 11.2 Å². The van der Waals surface area contributed by atoms with E-state index in [9.17, 15) is 4.79 Å². The molecule has 0 amide bonds. The molecule has 112 valence electrons. The van der Waals surface area contributed by atoms with Gasteiger partial charge in [0.1, 0.15) is 6.61 Å². The molecule has 0 spiro atoms. The Morgan fingerprint density at radius 1 is 1.15 bits per heavy atom. The molecule has 0 fully saturated rings. The van der Waals surface area contributed by atoms with Crippen LogP contribution in [0.3, 0.4) is 0 Å². The first kappa shape index (κ1) is 16.3. The summed E-state index contributed by atoms with van der Waals surface area (Å²) in [7, 11) is 0. The number of carboxylic acid groups (broad SMARTS) is 1. The Balaban J connectivity index is 2.66. The molecule has 0 unspecified atom stereocenters. The minimum atomic E-state index is -0.992. The van der Waals surface area contributed by atoms with Crippen molar-refractivity contribution < 1.29 is 24.1 Å². The summed E-state index contributed by atoms with van der Waals surface area (Å²) in [5, 5.41) is 8.96. The Bertz CT molecular complexity index is 448. The van der Waals surface area contributed by atoms with Gasteiger partial charge in [-0.3, -0.25) is 0 Å². The molecule has 0 saturated heterocycles. The first-order chi connectivity index (χ1) is 9.33. The van der Waals surface area contributed by atoms with Crippen molar-refractivity contribution in [2.75, 3.05) is 19.8 Å². The molecule has 0 aliphatic carbocycles. The van der Waals surface area contributed by atoms with Crippen molar-refractivity contribution in [2.24, 2.45) is 0 Å². The van der Waals surface area contributed by atoms with Crippen LogP contribution in [0.4, 0.5) is 0 Å². The van der Waals surface area contributed by atoms with Crippen molar-refractivity contribution in [1.29, 1.82) is 0 Å². The van der Waals surface area contributed by atoms with Crippen LogP contribution in [0, 0.1) is 0 Å². The lowest BCUT2D eigenvalue weighted by Crippen LogP contribution is -2.22. The maximum Gasteiger partial charge on any atom is 0.335 e. The summed E-state index contributed by atoms with van der Waals surface area (Å²) in [4.78, 5) is 10.9. The Kier molecular flexibility index (Phi) is 5.82. The van der Waals surface area contributed by atoms with Gasteiger partial charge in [0.05, 0.1) is 24.4 Å². The fourth-order valence-corrected chi connectivity index (χ4v) is 1.53. The van der Waals surface area contributed by atoms with Crippen molar-refractivity contribution >= 4 is 5.97 Å². The average Bonchev–Trinajstić information content (AvgIpc) is 2.35. The Labute approximate surface area is 119 Å². The molecule has 0 aromatic heterocycles. The van der Waals surface area contributed by atoms with Gasteiger partial charge in [0.15, 0.2) is 11.5 Å². The third kappa shape index (κ3) is 5.48. The highest BCUT2D eigenvalue weighted by atomic mass is 16.5. The molecular formula is C15H22O5. The highest BCUT2D eigenvalue weighted by Crippen LogP contribution is 2.28. The van der Waals surface area contributed by atoms with Crippen LogP contribution in [0.25, 0.3) is 0 Å². The van der Waals surface area contributed by atoms with Gasteiger partial charge in [-0.2, -0.15) is 0 Å². The van der Waals surface area contributed by atoms with E-state index in [0.717, 1.165) is 0 Å².